The Morgan fingerprint density at radius 1 is 1.16 bits per heavy atom. The highest BCUT2D eigenvalue weighted by Crippen LogP contribution is 2.46. The van der Waals surface area contributed by atoms with E-state index in [2.05, 4.69) is 12.2 Å². The van der Waals surface area contributed by atoms with Gasteiger partial charge in [-0.3, -0.25) is 0 Å². The van der Waals surface area contributed by atoms with Crippen LogP contribution in [-0.4, -0.2) is 6.54 Å². The van der Waals surface area contributed by atoms with E-state index in [1.165, 1.54) is 24.6 Å². The molecule has 1 saturated carbocycles. The Morgan fingerprint density at radius 2 is 1.74 bits per heavy atom. The first-order valence-electron chi connectivity index (χ1n) is 7.26. The standard InChI is InChI=1S/C16H23F2N/c1-3-19-15(16(2)10-5-4-6-11-16)14-12(17)8-7-9-13(14)18/h7-9,15,19H,3-6,10-11H2,1-2H3. The van der Waals surface area contributed by atoms with E-state index < -0.39 is 11.6 Å². The summed E-state index contributed by atoms with van der Waals surface area (Å²) in [5.74, 6) is -0.865. The number of halogens is 2. The normalized spacial score (nSPS) is 20.2. The predicted octanol–water partition coefficient (Wildman–Crippen LogP) is 4.59. The van der Waals surface area contributed by atoms with Crippen LogP contribution in [0.4, 0.5) is 8.78 Å². The summed E-state index contributed by atoms with van der Waals surface area (Å²) in [6, 6.07) is 3.91. The number of rotatable bonds is 4. The molecule has 0 aromatic heterocycles. The zero-order chi connectivity index (χ0) is 13.9. The van der Waals surface area contributed by atoms with Crippen LogP contribution in [0.5, 0.6) is 0 Å². The van der Waals surface area contributed by atoms with Gasteiger partial charge < -0.3 is 5.32 Å². The van der Waals surface area contributed by atoms with Crippen LogP contribution in [0, 0.1) is 17.0 Å². The van der Waals surface area contributed by atoms with E-state index in [0.29, 0.717) is 6.54 Å². The molecular weight excluding hydrogens is 244 g/mol. The van der Waals surface area contributed by atoms with Gasteiger partial charge in [0.2, 0.25) is 0 Å². The summed E-state index contributed by atoms with van der Waals surface area (Å²) >= 11 is 0. The average Bonchev–Trinajstić information content (AvgIpc) is 2.38. The molecule has 1 fully saturated rings. The molecule has 1 atom stereocenters. The molecule has 1 aliphatic carbocycles. The van der Waals surface area contributed by atoms with Crippen LogP contribution in [-0.2, 0) is 0 Å². The van der Waals surface area contributed by atoms with Gasteiger partial charge in [-0.05, 0) is 36.9 Å². The quantitative estimate of drug-likeness (QED) is 0.841. The number of benzene rings is 1. The van der Waals surface area contributed by atoms with Gasteiger partial charge in [0, 0.05) is 11.6 Å². The molecule has 0 heterocycles. The summed E-state index contributed by atoms with van der Waals surface area (Å²) in [7, 11) is 0. The summed E-state index contributed by atoms with van der Waals surface area (Å²) in [6.45, 7) is 4.86. The molecule has 0 spiro atoms. The summed E-state index contributed by atoms with van der Waals surface area (Å²) in [5.41, 5.74) is 0.158. The van der Waals surface area contributed by atoms with Crippen LogP contribution in [0.1, 0.15) is 57.6 Å². The topological polar surface area (TPSA) is 12.0 Å². The highest BCUT2D eigenvalue weighted by molar-refractivity contribution is 5.25. The van der Waals surface area contributed by atoms with Gasteiger partial charge in [-0.25, -0.2) is 8.78 Å². The van der Waals surface area contributed by atoms with Gasteiger partial charge >= 0.3 is 0 Å². The van der Waals surface area contributed by atoms with Crippen LogP contribution in [0.15, 0.2) is 18.2 Å². The number of hydrogen-bond acceptors (Lipinski definition) is 1. The van der Waals surface area contributed by atoms with Crippen LogP contribution < -0.4 is 5.32 Å². The average molecular weight is 267 g/mol. The van der Waals surface area contributed by atoms with Gasteiger partial charge in [0.25, 0.3) is 0 Å². The number of nitrogens with one attached hydrogen (secondary N) is 1. The predicted molar refractivity (Wildman–Crippen MR) is 74.0 cm³/mol. The van der Waals surface area contributed by atoms with E-state index >= 15 is 0 Å². The van der Waals surface area contributed by atoms with Gasteiger partial charge in [-0.1, -0.05) is 39.2 Å². The first-order chi connectivity index (χ1) is 9.08. The third kappa shape index (κ3) is 2.97. The fraction of sp³-hybridized carbons (Fsp3) is 0.625. The van der Waals surface area contributed by atoms with Crippen molar-refractivity contribution in [3.63, 3.8) is 0 Å². The van der Waals surface area contributed by atoms with Crippen molar-refractivity contribution in [3.05, 3.63) is 35.4 Å². The largest absolute Gasteiger partial charge is 0.310 e. The lowest BCUT2D eigenvalue weighted by Crippen LogP contribution is -2.38. The summed E-state index contributed by atoms with van der Waals surface area (Å²) < 4.78 is 28.1. The zero-order valence-electron chi connectivity index (χ0n) is 11.8. The van der Waals surface area contributed by atoms with Crippen molar-refractivity contribution in [1.82, 2.24) is 5.32 Å². The molecule has 0 aliphatic heterocycles. The lowest BCUT2D eigenvalue weighted by molar-refractivity contribution is 0.140. The third-order valence-electron chi connectivity index (χ3n) is 4.39. The fourth-order valence-corrected chi connectivity index (χ4v) is 3.34. The Hall–Kier alpha value is -0.960. The second kappa shape index (κ2) is 6.00. The summed E-state index contributed by atoms with van der Waals surface area (Å²) in [4.78, 5) is 0. The molecule has 0 amide bonds. The Kier molecular flexibility index (Phi) is 4.56. The van der Waals surface area contributed by atoms with Crippen molar-refractivity contribution in [1.29, 1.82) is 0 Å². The van der Waals surface area contributed by atoms with E-state index in [1.807, 2.05) is 6.92 Å². The van der Waals surface area contributed by atoms with E-state index in [4.69, 9.17) is 0 Å². The molecule has 1 aromatic carbocycles. The van der Waals surface area contributed by atoms with Crippen LogP contribution in [0.2, 0.25) is 0 Å². The molecular formula is C16H23F2N. The smallest absolute Gasteiger partial charge is 0.130 e. The van der Waals surface area contributed by atoms with Gasteiger partial charge in [0.1, 0.15) is 11.6 Å². The SMILES string of the molecule is CCNC(c1c(F)cccc1F)C1(C)CCCCC1. The molecule has 1 nitrogen and oxygen atoms in total. The minimum absolute atomic E-state index is 0.0582. The van der Waals surface area contributed by atoms with Gasteiger partial charge in [0.15, 0.2) is 0 Å². The van der Waals surface area contributed by atoms with Crippen LogP contribution >= 0.6 is 0 Å². The lowest BCUT2D eigenvalue weighted by atomic mass is 9.68. The molecule has 1 aliphatic rings. The second-order valence-electron chi connectivity index (χ2n) is 5.84. The Morgan fingerprint density at radius 3 is 2.26 bits per heavy atom. The molecule has 2 rings (SSSR count). The Balaban J connectivity index is 2.39. The maximum absolute atomic E-state index is 14.1. The van der Waals surface area contributed by atoms with E-state index in [-0.39, 0.29) is 17.0 Å². The maximum Gasteiger partial charge on any atom is 0.130 e. The summed E-state index contributed by atoms with van der Waals surface area (Å²) in [5, 5.41) is 3.31. The van der Waals surface area contributed by atoms with Gasteiger partial charge in [-0.2, -0.15) is 0 Å². The molecule has 106 valence electrons. The minimum atomic E-state index is -0.433. The minimum Gasteiger partial charge on any atom is -0.310 e. The highest BCUT2D eigenvalue weighted by Gasteiger charge is 2.38. The van der Waals surface area contributed by atoms with E-state index in [9.17, 15) is 8.78 Å². The fourth-order valence-electron chi connectivity index (χ4n) is 3.34. The molecule has 1 aromatic rings. The first-order valence-corrected chi connectivity index (χ1v) is 7.26. The molecule has 0 saturated heterocycles. The highest BCUT2D eigenvalue weighted by atomic mass is 19.1. The van der Waals surface area contributed by atoms with Gasteiger partial charge in [-0.15, -0.1) is 0 Å². The van der Waals surface area contributed by atoms with Crippen LogP contribution in [0.3, 0.4) is 0 Å². The van der Waals surface area contributed by atoms with E-state index in [1.54, 1.807) is 0 Å². The lowest BCUT2D eigenvalue weighted by Gasteiger charge is -2.41. The second-order valence-corrected chi connectivity index (χ2v) is 5.84. The molecule has 1 unspecified atom stereocenters. The summed E-state index contributed by atoms with van der Waals surface area (Å²) in [6.07, 6.45) is 5.58. The Labute approximate surface area is 114 Å². The molecule has 0 bridgehead atoms. The molecule has 1 N–H and O–H groups in total. The maximum atomic E-state index is 14.1. The van der Waals surface area contributed by atoms with Crippen LogP contribution in [0.25, 0.3) is 0 Å². The van der Waals surface area contributed by atoms with Crippen molar-refractivity contribution >= 4 is 0 Å². The Bertz CT molecular complexity index is 405. The van der Waals surface area contributed by atoms with Crippen molar-refractivity contribution in [2.45, 2.75) is 52.0 Å². The third-order valence-corrected chi connectivity index (χ3v) is 4.39. The van der Waals surface area contributed by atoms with Gasteiger partial charge in [0.05, 0.1) is 0 Å². The van der Waals surface area contributed by atoms with Crippen molar-refractivity contribution < 1.29 is 8.78 Å². The van der Waals surface area contributed by atoms with Crippen molar-refractivity contribution in [2.24, 2.45) is 5.41 Å². The first kappa shape index (κ1) is 14.4. The molecule has 3 heteroatoms. The monoisotopic (exact) mass is 267 g/mol. The van der Waals surface area contributed by atoms with Crippen molar-refractivity contribution in [2.75, 3.05) is 6.54 Å². The molecule has 0 radical (unpaired) electrons. The van der Waals surface area contributed by atoms with Crippen molar-refractivity contribution in [3.8, 4) is 0 Å². The molecule has 19 heavy (non-hydrogen) atoms. The zero-order valence-corrected chi connectivity index (χ0v) is 11.8. The number of hydrogen-bond donors (Lipinski definition) is 1. The van der Waals surface area contributed by atoms with E-state index in [0.717, 1.165) is 25.7 Å².